The van der Waals surface area contributed by atoms with Gasteiger partial charge in [0.05, 0.1) is 52.8 Å². The zero-order chi connectivity index (χ0) is 28.4. The average Bonchev–Trinajstić information content (AvgIpc) is 3.45. The Hall–Kier alpha value is -3.89. The largest absolute Gasteiger partial charge is 0.503 e. The molecule has 4 rings (SSSR count). The molecule has 1 N–H and O–H groups in total. The summed E-state index contributed by atoms with van der Waals surface area (Å²) in [6.45, 7) is 4.02. The molecule has 10 nitrogen and oxygen atoms in total. The van der Waals surface area contributed by atoms with Crippen molar-refractivity contribution in [3.05, 3.63) is 58.0 Å². The van der Waals surface area contributed by atoms with Crippen LogP contribution in [-0.2, 0) is 9.53 Å². The molecule has 0 radical (unpaired) electrons. The maximum atomic E-state index is 13.9. The van der Waals surface area contributed by atoms with Crippen LogP contribution in [0.5, 0.6) is 23.0 Å². The van der Waals surface area contributed by atoms with Crippen LogP contribution in [0.4, 0.5) is 0 Å². The number of ether oxygens (including phenoxy) is 5. The van der Waals surface area contributed by atoms with Crippen LogP contribution < -0.4 is 18.9 Å². The highest BCUT2D eigenvalue weighted by atomic mass is 35.5. The molecule has 0 saturated heterocycles. The highest BCUT2D eigenvalue weighted by Gasteiger charge is 2.45. The summed E-state index contributed by atoms with van der Waals surface area (Å²) in [5.74, 6) is -0.872. The molecule has 0 fully saturated rings. The fourth-order valence-electron chi connectivity index (χ4n) is 4.59. The zero-order valence-electron chi connectivity index (χ0n) is 22.5. The summed E-state index contributed by atoms with van der Waals surface area (Å²) in [4.78, 5) is 28.6. The molecule has 0 aliphatic carbocycles. The smallest absolute Gasteiger partial charge is 0.290 e. The quantitative estimate of drug-likeness (QED) is 0.319. The molecule has 1 atom stereocenters. The Morgan fingerprint density at radius 2 is 1.64 bits per heavy atom. The summed E-state index contributed by atoms with van der Waals surface area (Å²) >= 11 is 6.18. The summed E-state index contributed by atoms with van der Waals surface area (Å²) in [7, 11) is 5.84. The van der Waals surface area contributed by atoms with E-state index in [0.29, 0.717) is 44.6 Å². The molecule has 1 amide bonds. The van der Waals surface area contributed by atoms with Gasteiger partial charge in [0.15, 0.2) is 34.4 Å². The van der Waals surface area contributed by atoms with E-state index >= 15 is 0 Å². The molecular formula is C28H30ClNO9. The van der Waals surface area contributed by atoms with Gasteiger partial charge in [-0.2, -0.15) is 0 Å². The molecule has 0 spiro atoms. The van der Waals surface area contributed by atoms with Gasteiger partial charge >= 0.3 is 0 Å². The first-order valence-electron chi connectivity index (χ1n) is 12.1. The minimum Gasteiger partial charge on any atom is -0.503 e. The second kappa shape index (κ2) is 11.5. The topological polar surface area (TPSA) is 117 Å². The number of aliphatic hydroxyl groups excluding tert-OH is 1. The number of benzene rings is 2. The van der Waals surface area contributed by atoms with Crippen LogP contribution in [0, 0.1) is 0 Å². The van der Waals surface area contributed by atoms with Gasteiger partial charge in [0.2, 0.25) is 11.5 Å². The molecule has 2 heterocycles. The van der Waals surface area contributed by atoms with Gasteiger partial charge in [0.25, 0.3) is 5.91 Å². The highest BCUT2D eigenvalue weighted by molar-refractivity contribution is 6.31. The normalized spacial score (nSPS) is 15.4. The number of hydrogen-bond donors (Lipinski definition) is 1. The first-order valence-corrected chi connectivity index (χ1v) is 12.5. The van der Waals surface area contributed by atoms with Crippen LogP contribution in [0.15, 0.2) is 46.1 Å². The van der Waals surface area contributed by atoms with E-state index < -0.39 is 23.5 Å². The van der Waals surface area contributed by atoms with Crippen LogP contribution in [0.1, 0.15) is 36.0 Å². The first-order chi connectivity index (χ1) is 18.6. The average molecular weight is 560 g/mol. The number of hydrogen-bond acceptors (Lipinski definition) is 9. The molecule has 1 aliphatic heterocycles. The van der Waals surface area contributed by atoms with Gasteiger partial charge in [0.1, 0.15) is 0 Å². The monoisotopic (exact) mass is 559 g/mol. The molecule has 1 aliphatic rings. The summed E-state index contributed by atoms with van der Waals surface area (Å²) in [5, 5.41) is 11.9. The highest BCUT2D eigenvalue weighted by Crippen LogP contribution is 2.46. The molecule has 208 valence electrons. The predicted octanol–water partition coefficient (Wildman–Crippen LogP) is 5.12. The second-order valence-corrected chi connectivity index (χ2v) is 9.44. The van der Waals surface area contributed by atoms with Crippen molar-refractivity contribution >= 4 is 34.3 Å². The number of Topliss-reactive ketones (excluding diaryl/α,β-unsaturated/α-hetero) is 1. The Morgan fingerprint density at radius 3 is 2.21 bits per heavy atom. The summed E-state index contributed by atoms with van der Waals surface area (Å²) < 4.78 is 33.3. The predicted molar refractivity (Wildman–Crippen MR) is 143 cm³/mol. The van der Waals surface area contributed by atoms with E-state index in [0.717, 1.165) is 0 Å². The van der Waals surface area contributed by atoms with Crippen molar-refractivity contribution in [1.29, 1.82) is 0 Å². The van der Waals surface area contributed by atoms with Gasteiger partial charge in [-0.1, -0.05) is 11.6 Å². The molecule has 1 unspecified atom stereocenters. The summed E-state index contributed by atoms with van der Waals surface area (Å²) in [6, 6.07) is 6.93. The van der Waals surface area contributed by atoms with Crippen LogP contribution in [0.3, 0.4) is 0 Å². The van der Waals surface area contributed by atoms with Gasteiger partial charge in [-0.25, -0.2) is 0 Å². The SMILES string of the molecule is COc1cc(C2C(C(=O)c3cc4cc(Cl)cc(OC)c4o3)=C(O)C(=O)N2CCOC(C)C)cc(OC)c1OC. The van der Waals surface area contributed by atoms with Crippen molar-refractivity contribution in [2.24, 2.45) is 0 Å². The van der Waals surface area contributed by atoms with Crippen molar-refractivity contribution < 1.29 is 42.8 Å². The van der Waals surface area contributed by atoms with E-state index in [4.69, 9.17) is 39.7 Å². The maximum absolute atomic E-state index is 13.9. The van der Waals surface area contributed by atoms with Gasteiger partial charge < -0.3 is 38.1 Å². The van der Waals surface area contributed by atoms with Crippen molar-refractivity contribution in [3.63, 3.8) is 0 Å². The standard InChI is InChI=1S/C28H30ClNO9/c1-14(2)38-8-7-30-23(15-10-19(34-3)27(37-6)20(11-15)35-4)22(25(32)28(30)33)24(31)18-12-16-9-17(29)13-21(36-5)26(16)39-18/h9-14,23,32H,7-8H2,1-6H3. The zero-order valence-corrected chi connectivity index (χ0v) is 23.2. The van der Waals surface area contributed by atoms with E-state index in [-0.39, 0.29) is 30.6 Å². The number of methoxy groups -OCH3 is 4. The molecule has 11 heteroatoms. The number of carbonyl (C=O) groups is 2. The van der Waals surface area contributed by atoms with Crippen molar-refractivity contribution in [1.82, 2.24) is 4.90 Å². The molecule has 0 bridgehead atoms. The number of furan rings is 1. The number of aliphatic hydroxyl groups is 1. The lowest BCUT2D eigenvalue weighted by Crippen LogP contribution is -2.34. The van der Waals surface area contributed by atoms with Crippen LogP contribution in [-0.4, -0.2) is 69.4 Å². The molecule has 1 aromatic heterocycles. The third kappa shape index (κ3) is 5.22. The number of halogens is 1. The van der Waals surface area contributed by atoms with Crippen molar-refractivity contribution in [2.45, 2.75) is 26.0 Å². The molecule has 0 saturated carbocycles. The van der Waals surface area contributed by atoms with Crippen LogP contribution in [0.2, 0.25) is 5.02 Å². The fourth-order valence-corrected chi connectivity index (χ4v) is 4.81. The second-order valence-electron chi connectivity index (χ2n) is 9.01. The van der Waals surface area contributed by atoms with Crippen LogP contribution in [0.25, 0.3) is 11.0 Å². The van der Waals surface area contributed by atoms with E-state index in [2.05, 4.69) is 0 Å². The van der Waals surface area contributed by atoms with Crippen LogP contribution >= 0.6 is 11.6 Å². The lowest BCUT2D eigenvalue weighted by molar-refractivity contribution is -0.130. The number of amides is 1. The number of carbonyl (C=O) groups excluding carboxylic acids is 2. The Kier molecular flexibility index (Phi) is 8.27. The molecular weight excluding hydrogens is 530 g/mol. The number of fused-ring (bicyclic) bond motifs is 1. The van der Waals surface area contributed by atoms with Gasteiger partial charge in [-0.15, -0.1) is 0 Å². The van der Waals surface area contributed by atoms with E-state index in [1.807, 2.05) is 13.8 Å². The molecule has 2 aromatic carbocycles. The Morgan fingerprint density at radius 1 is 1.00 bits per heavy atom. The van der Waals surface area contributed by atoms with Crippen molar-refractivity contribution in [3.8, 4) is 23.0 Å². The number of rotatable bonds is 11. The van der Waals surface area contributed by atoms with Gasteiger partial charge in [0, 0.05) is 23.0 Å². The summed E-state index contributed by atoms with van der Waals surface area (Å²) in [5.41, 5.74) is 0.593. The summed E-state index contributed by atoms with van der Waals surface area (Å²) in [6.07, 6.45) is -0.0812. The number of nitrogens with zero attached hydrogens (tertiary/aromatic N) is 1. The van der Waals surface area contributed by atoms with E-state index in [1.54, 1.807) is 24.3 Å². The van der Waals surface area contributed by atoms with Gasteiger partial charge in [-0.05, 0) is 43.7 Å². The van der Waals surface area contributed by atoms with E-state index in [9.17, 15) is 14.7 Å². The third-order valence-corrected chi connectivity index (χ3v) is 6.54. The fraction of sp³-hybridized carbons (Fsp3) is 0.357. The lowest BCUT2D eigenvalue weighted by Gasteiger charge is -2.28. The molecule has 3 aromatic rings. The Labute approximate surface area is 230 Å². The minimum absolute atomic E-state index is 0.0812. The van der Waals surface area contributed by atoms with E-state index in [1.165, 1.54) is 39.4 Å². The van der Waals surface area contributed by atoms with Gasteiger partial charge in [-0.3, -0.25) is 9.59 Å². The minimum atomic E-state index is -1.01. The maximum Gasteiger partial charge on any atom is 0.290 e. The first kappa shape index (κ1) is 28.1. The van der Waals surface area contributed by atoms with Crippen molar-refractivity contribution in [2.75, 3.05) is 41.6 Å². The Bertz CT molecular complexity index is 1420. The number of ketones is 1. The lowest BCUT2D eigenvalue weighted by atomic mass is 9.94. The molecule has 39 heavy (non-hydrogen) atoms. The third-order valence-electron chi connectivity index (χ3n) is 6.33. The Balaban J connectivity index is 1.86.